The molecule has 0 spiro atoms. The number of amides is 1. The number of pyridine rings is 1. The minimum atomic E-state index is -0.273. The largest absolute Gasteiger partial charge is 0.447 e. The van der Waals surface area contributed by atoms with Crippen LogP contribution < -0.4 is 21.1 Å². The summed E-state index contributed by atoms with van der Waals surface area (Å²) in [5.41, 5.74) is 6.35. The summed E-state index contributed by atoms with van der Waals surface area (Å²) in [6.45, 7) is 1.77. The predicted octanol–water partition coefficient (Wildman–Crippen LogP) is 3.54. The van der Waals surface area contributed by atoms with Crippen LogP contribution in [0.4, 0.5) is 11.6 Å². The van der Waals surface area contributed by atoms with Gasteiger partial charge in [-0.2, -0.15) is 15.0 Å². The predicted molar refractivity (Wildman–Crippen MR) is 124 cm³/mol. The van der Waals surface area contributed by atoms with E-state index < -0.39 is 0 Å². The minimum Gasteiger partial charge on any atom is -0.447 e. The lowest BCUT2D eigenvalue weighted by molar-refractivity contribution is 0.0952. The van der Waals surface area contributed by atoms with Crippen molar-refractivity contribution in [1.29, 1.82) is 0 Å². The van der Waals surface area contributed by atoms with Gasteiger partial charge < -0.3 is 21.1 Å². The van der Waals surface area contributed by atoms with Gasteiger partial charge in [-0.1, -0.05) is 18.2 Å². The Morgan fingerprint density at radius 1 is 1.06 bits per heavy atom. The Morgan fingerprint density at radius 2 is 1.88 bits per heavy atom. The molecular weight excluding hydrogens is 426 g/mol. The number of ether oxygens (including phenoxy) is 1. The number of aromatic nitrogens is 4. The Bertz CT molecular complexity index is 1150. The van der Waals surface area contributed by atoms with Gasteiger partial charge in [-0.15, -0.1) is 11.3 Å². The van der Waals surface area contributed by atoms with Crippen LogP contribution in [0.15, 0.2) is 67.0 Å². The van der Waals surface area contributed by atoms with Crippen molar-refractivity contribution in [1.82, 2.24) is 25.3 Å². The van der Waals surface area contributed by atoms with Gasteiger partial charge in [0, 0.05) is 11.4 Å². The van der Waals surface area contributed by atoms with Crippen LogP contribution in [-0.4, -0.2) is 32.4 Å². The molecule has 4 aromatic rings. The highest BCUT2D eigenvalue weighted by atomic mass is 32.1. The number of carbonyl (C=O) groups is 1. The average molecular weight is 450 g/mol. The van der Waals surface area contributed by atoms with Crippen molar-refractivity contribution < 1.29 is 9.53 Å². The molecule has 0 saturated heterocycles. The van der Waals surface area contributed by atoms with E-state index in [1.54, 1.807) is 29.3 Å². The highest BCUT2D eigenvalue weighted by molar-refractivity contribution is 7.13. The first kappa shape index (κ1) is 21.3. The molecule has 0 aliphatic rings. The van der Waals surface area contributed by atoms with Crippen molar-refractivity contribution in [2.75, 3.05) is 17.6 Å². The van der Waals surface area contributed by atoms with E-state index in [-0.39, 0.29) is 11.7 Å². The third-order valence-corrected chi connectivity index (χ3v) is 5.46. The lowest BCUT2D eigenvalue weighted by Crippen LogP contribution is -2.24. The molecule has 3 heterocycles. The molecule has 0 unspecified atom stereocenters. The standard InChI is InChI=1S/C22H23N7O2S/c23-21-18(8-9-19(28-21)24-11-4-14-29-26-12-13-27-29)22(30)25-15-17-7-10-20(32-17)31-16-5-2-1-3-6-16/h1-3,5-10,12-13H,4,11,14-15H2,(H,25,30)(H3,23,24,28). The fourth-order valence-electron chi connectivity index (χ4n) is 2.94. The number of aryl methyl sites for hydroxylation is 1. The van der Waals surface area contributed by atoms with Crippen molar-refractivity contribution in [3.8, 4) is 10.8 Å². The van der Waals surface area contributed by atoms with Crippen molar-refractivity contribution in [3.05, 3.63) is 77.4 Å². The average Bonchev–Trinajstić information content (AvgIpc) is 3.48. The number of nitrogens with two attached hydrogens (primary N) is 1. The number of para-hydroxylation sites is 1. The van der Waals surface area contributed by atoms with Gasteiger partial charge in [0.05, 0.1) is 31.0 Å². The number of thiophene rings is 1. The molecule has 0 aliphatic heterocycles. The number of hydrogen-bond donors (Lipinski definition) is 3. The van der Waals surface area contributed by atoms with Crippen LogP contribution in [0.25, 0.3) is 0 Å². The molecule has 0 saturated carbocycles. The van der Waals surface area contributed by atoms with Gasteiger partial charge in [0.15, 0.2) is 5.06 Å². The second-order valence-corrected chi connectivity index (χ2v) is 7.98. The fourth-order valence-corrected chi connectivity index (χ4v) is 3.75. The zero-order valence-corrected chi connectivity index (χ0v) is 18.1. The van der Waals surface area contributed by atoms with E-state index in [4.69, 9.17) is 10.5 Å². The van der Waals surface area contributed by atoms with Crippen molar-refractivity contribution >= 4 is 28.9 Å². The highest BCUT2D eigenvalue weighted by Gasteiger charge is 2.12. The summed E-state index contributed by atoms with van der Waals surface area (Å²) >= 11 is 1.48. The monoisotopic (exact) mass is 449 g/mol. The molecule has 164 valence electrons. The van der Waals surface area contributed by atoms with E-state index >= 15 is 0 Å². The van der Waals surface area contributed by atoms with Crippen LogP contribution >= 0.6 is 11.3 Å². The number of rotatable bonds is 10. The van der Waals surface area contributed by atoms with E-state index in [1.807, 2.05) is 42.5 Å². The molecule has 9 nitrogen and oxygen atoms in total. The second-order valence-electron chi connectivity index (χ2n) is 6.85. The van der Waals surface area contributed by atoms with E-state index in [9.17, 15) is 4.79 Å². The summed E-state index contributed by atoms with van der Waals surface area (Å²) < 4.78 is 5.80. The zero-order chi connectivity index (χ0) is 22.2. The Labute approximate surface area is 189 Å². The van der Waals surface area contributed by atoms with Crippen LogP contribution in [-0.2, 0) is 13.1 Å². The topological polar surface area (TPSA) is 120 Å². The molecule has 0 radical (unpaired) electrons. The number of anilines is 2. The van der Waals surface area contributed by atoms with Crippen molar-refractivity contribution in [2.45, 2.75) is 19.5 Å². The molecule has 0 atom stereocenters. The van der Waals surface area contributed by atoms with Gasteiger partial charge >= 0.3 is 0 Å². The molecule has 1 amide bonds. The number of nitrogens with one attached hydrogen (secondary N) is 2. The molecule has 0 bridgehead atoms. The van der Waals surface area contributed by atoms with Crippen LogP contribution in [0, 0.1) is 0 Å². The van der Waals surface area contributed by atoms with E-state index in [2.05, 4.69) is 25.8 Å². The highest BCUT2D eigenvalue weighted by Crippen LogP contribution is 2.29. The fraction of sp³-hybridized carbons (Fsp3) is 0.182. The summed E-state index contributed by atoms with van der Waals surface area (Å²) in [6, 6.07) is 16.8. The first-order valence-electron chi connectivity index (χ1n) is 10.1. The summed E-state index contributed by atoms with van der Waals surface area (Å²) in [6.07, 6.45) is 4.12. The molecule has 4 rings (SSSR count). The molecule has 1 aromatic carbocycles. The molecule has 0 fully saturated rings. The Balaban J connectivity index is 1.25. The molecule has 0 aliphatic carbocycles. The van der Waals surface area contributed by atoms with Crippen molar-refractivity contribution in [3.63, 3.8) is 0 Å². The van der Waals surface area contributed by atoms with Crippen molar-refractivity contribution in [2.24, 2.45) is 0 Å². The van der Waals surface area contributed by atoms with Crippen LogP contribution in [0.2, 0.25) is 0 Å². The van der Waals surface area contributed by atoms with Gasteiger partial charge in [-0.25, -0.2) is 4.98 Å². The second kappa shape index (κ2) is 10.4. The van der Waals surface area contributed by atoms with E-state index in [0.717, 1.165) is 22.1 Å². The number of benzene rings is 1. The maximum atomic E-state index is 12.5. The summed E-state index contributed by atoms with van der Waals surface area (Å²) in [5.74, 6) is 1.30. The Kier molecular flexibility index (Phi) is 6.93. The van der Waals surface area contributed by atoms with E-state index in [0.29, 0.717) is 31.0 Å². The first-order chi connectivity index (χ1) is 15.7. The van der Waals surface area contributed by atoms with Crippen LogP contribution in [0.3, 0.4) is 0 Å². The first-order valence-corrected chi connectivity index (χ1v) is 10.9. The number of nitrogen functional groups attached to an aromatic ring is 1. The third-order valence-electron chi connectivity index (χ3n) is 4.50. The number of nitrogens with zero attached hydrogens (tertiary/aromatic N) is 4. The molecule has 3 aromatic heterocycles. The van der Waals surface area contributed by atoms with Gasteiger partial charge in [-0.3, -0.25) is 4.79 Å². The van der Waals surface area contributed by atoms with Gasteiger partial charge in [0.25, 0.3) is 5.91 Å². The van der Waals surface area contributed by atoms with Gasteiger partial charge in [-0.05, 0) is 42.8 Å². The normalized spacial score (nSPS) is 10.6. The smallest absolute Gasteiger partial charge is 0.255 e. The Morgan fingerprint density at radius 3 is 2.66 bits per heavy atom. The SMILES string of the molecule is Nc1nc(NCCCn2nccn2)ccc1C(=O)NCc1ccc(Oc2ccccc2)s1. The summed E-state index contributed by atoms with van der Waals surface area (Å²) in [7, 11) is 0. The molecule has 10 heteroatoms. The van der Waals surface area contributed by atoms with Crippen LogP contribution in [0.5, 0.6) is 10.8 Å². The zero-order valence-electron chi connectivity index (χ0n) is 17.3. The maximum absolute atomic E-state index is 12.5. The third kappa shape index (κ3) is 5.82. The quantitative estimate of drug-likeness (QED) is 0.317. The maximum Gasteiger partial charge on any atom is 0.255 e. The number of hydrogen-bond acceptors (Lipinski definition) is 8. The number of carbonyl (C=O) groups excluding carboxylic acids is 1. The van der Waals surface area contributed by atoms with E-state index in [1.165, 1.54) is 11.3 Å². The van der Waals surface area contributed by atoms with Gasteiger partial charge in [0.1, 0.15) is 17.4 Å². The summed E-state index contributed by atoms with van der Waals surface area (Å²) in [5, 5.41) is 14.9. The lowest BCUT2D eigenvalue weighted by atomic mass is 10.2. The molecule has 4 N–H and O–H groups in total. The summed E-state index contributed by atoms with van der Waals surface area (Å²) in [4.78, 5) is 19.4. The van der Waals surface area contributed by atoms with Gasteiger partial charge in [0.2, 0.25) is 0 Å². The molecular formula is C22H23N7O2S. The minimum absolute atomic E-state index is 0.181. The molecule has 32 heavy (non-hydrogen) atoms. The Hall–Kier alpha value is -3.92. The lowest BCUT2D eigenvalue weighted by Gasteiger charge is -2.09. The van der Waals surface area contributed by atoms with Crippen LogP contribution in [0.1, 0.15) is 21.7 Å².